The summed E-state index contributed by atoms with van der Waals surface area (Å²) in [4.78, 5) is 22.2. The molecule has 0 aliphatic carbocycles. The summed E-state index contributed by atoms with van der Waals surface area (Å²) in [6.45, 7) is 0. The minimum absolute atomic E-state index is 0.0535. The smallest absolute Gasteiger partial charge is 0.337 e. The molecule has 0 radical (unpaired) electrons. The van der Waals surface area contributed by atoms with Crippen LogP contribution in [0.5, 0.6) is 0 Å². The molecule has 1 aromatic carbocycles. The number of carbonyl (C=O) groups is 2. The van der Waals surface area contributed by atoms with E-state index in [0.29, 0.717) is 12.0 Å². The van der Waals surface area contributed by atoms with Gasteiger partial charge in [0.15, 0.2) is 0 Å². The lowest BCUT2D eigenvalue weighted by atomic mass is 10.0. The average Bonchev–Trinajstić information content (AvgIpc) is 2.82. The fraction of sp³-hybridized carbons (Fsp3) is 0.429. The molecule has 0 spiro atoms. The van der Waals surface area contributed by atoms with Gasteiger partial charge in [-0.25, -0.2) is 4.79 Å². The summed E-state index contributed by atoms with van der Waals surface area (Å²) >= 11 is 0. The van der Waals surface area contributed by atoms with Crippen LogP contribution in [0.4, 0.5) is 0 Å². The van der Waals surface area contributed by atoms with Crippen LogP contribution in [0.3, 0.4) is 0 Å². The molecule has 0 aromatic heterocycles. The molecule has 0 bridgehead atoms. The van der Waals surface area contributed by atoms with Gasteiger partial charge in [-0.3, -0.25) is 4.79 Å². The summed E-state index contributed by atoms with van der Waals surface area (Å²) in [5.74, 6) is -0.424. The zero-order valence-corrected chi connectivity index (χ0v) is 10.3. The van der Waals surface area contributed by atoms with Crippen molar-refractivity contribution in [2.45, 2.75) is 31.8 Å². The van der Waals surface area contributed by atoms with E-state index in [1.807, 2.05) is 12.1 Å². The Morgan fingerprint density at radius 1 is 1.39 bits per heavy atom. The number of hydrogen-bond donors (Lipinski definition) is 0. The molecule has 0 saturated carbocycles. The van der Waals surface area contributed by atoms with Crippen LogP contribution >= 0.6 is 0 Å². The largest absolute Gasteiger partial charge is 0.465 e. The van der Waals surface area contributed by atoms with Gasteiger partial charge in [0, 0.05) is 6.42 Å². The molecule has 96 valence electrons. The maximum absolute atomic E-state index is 11.2. The predicted octanol–water partition coefficient (Wildman–Crippen LogP) is 2.11. The second-order valence-corrected chi connectivity index (χ2v) is 4.38. The molecule has 18 heavy (non-hydrogen) atoms. The van der Waals surface area contributed by atoms with Crippen molar-refractivity contribution in [3.63, 3.8) is 0 Å². The first-order valence-corrected chi connectivity index (χ1v) is 6.06. The van der Waals surface area contributed by atoms with Gasteiger partial charge in [-0.1, -0.05) is 12.1 Å². The average molecular weight is 248 g/mol. The van der Waals surface area contributed by atoms with Gasteiger partial charge in [0.25, 0.3) is 0 Å². The summed E-state index contributed by atoms with van der Waals surface area (Å²) in [6.07, 6.45) is 3.09. The highest BCUT2D eigenvalue weighted by Gasteiger charge is 2.22. The van der Waals surface area contributed by atoms with Crippen molar-refractivity contribution >= 4 is 11.9 Å². The van der Waals surface area contributed by atoms with E-state index in [-0.39, 0.29) is 18.0 Å². The molecule has 0 amide bonds. The van der Waals surface area contributed by atoms with E-state index in [2.05, 4.69) is 4.74 Å². The Morgan fingerprint density at radius 2 is 2.11 bits per heavy atom. The summed E-state index contributed by atoms with van der Waals surface area (Å²) in [7, 11) is 1.37. The zero-order valence-electron chi connectivity index (χ0n) is 10.3. The second kappa shape index (κ2) is 5.67. The number of rotatable bonds is 4. The van der Waals surface area contributed by atoms with Crippen molar-refractivity contribution in [2.75, 3.05) is 7.11 Å². The fourth-order valence-corrected chi connectivity index (χ4v) is 2.04. The lowest BCUT2D eigenvalue weighted by molar-refractivity contribution is -0.141. The van der Waals surface area contributed by atoms with E-state index in [9.17, 15) is 9.59 Å². The molecule has 1 aliphatic heterocycles. The Labute approximate surface area is 106 Å². The standard InChI is InChI=1S/C14H16O4/c1-17-14(16)11-5-2-10(3-6-11)4-7-12-8-9-13(15)18-12/h2-3,5-6,12H,4,7-9H2,1H3/t12-/m0/s1. The van der Waals surface area contributed by atoms with Crippen molar-refractivity contribution in [3.05, 3.63) is 35.4 Å². The molecule has 1 fully saturated rings. The predicted molar refractivity (Wildman–Crippen MR) is 65.2 cm³/mol. The Hall–Kier alpha value is -1.84. The highest BCUT2D eigenvalue weighted by atomic mass is 16.5. The van der Waals surface area contributed by atoms with Crippen LogP contribution < -0.4 is 0 Å². The summed E-state index contributed by atoms with van der Waals surface area (Å²) < 4.78 is 9.78. The van der Waals surface area contributed by atoms with Gasteiger partial charge in [0.1, 0.15) is 6.10 Å². The first kappa shape index (κ1) is 12.6. The molecule has 1 aliphatic rings. The van der Waals surface area contributed by atoms with E-state index in [1.165, 1.54) is 7.11 Å². The molecule has 1 atom stereocenters. The van der Waals surface area contributed by atoms with E-state index in [4.69, 9.17) is 4.74 Å². The van der Waals surface area contributed by atoms with Gasteiger partial charge < -0.3 is 9.47 Å². The number of esters is 2. The van der Waals surface area contributed by atoms with Crippen LogP contribution in [0.2, 0.25) is 0 Å². The van der Waals surface area contributed by atoms with Gasteiger partial charge in [-0.05, 0) is 37.0 Å². The highest BCUT2D eigenvalue weighted by molar-refractivity contribution is 5.89. The number of aryl methyl sites for hydroxylation is 1. The number of benzene rings is 1. The van der Waals surface area contributed by atoms with Crippen LogP contribution in [0, 0.1) is 0 Å². The summed E-state index contributed by atoms with van der Waals surface area (Å²) in [5.41, 5.74) is 1.68. The van der Waals surface area contributed by atoms with E-state index in [0.717, 1.165) is 24.8 Å². The first-order chi connectivity index (χ1) is 8.69. The van der Waals surface area contributed by atoms with Crippen LogP contribution in [-0.2, 0) is 20.7 Å². The minimum atomic E-state index is -0.328. The number of hydrogen-bond acceptors (Lipinski definition) is 4. The van der Waals surface area contributed by atoms with Crippen molar-refractivity contribution in [1.29, 1.82) is 0 Å². The number of cyclic esters (lactones) is 1. The Morgan fingerprint density at radius 3 is 2.67 bits per heavy atom. The van der Waals surface area contributed by atoms with Crippen molar-refractivity contribution in [1.82, 2.24) is 0 Å². The Bertz CT molecular complexity index is 436. The van der Waals surface area contributed by atoms with Gasteiger partial charge in [0.2, 0.25) is 0 Å². The number of methoxy groups -OCH3 is 1. The minimum Gasteiger partial charge on any atom is -0.465 e. The van der Waals surface area contributed by atoms with Crippen LogP contribution in [0.25, 0.3) is 0 Å². The van der Waals surface area contributed by atoms with E-state index < -0.39 is 0 Å². The number of ether oxygens (including phenoxy) is 2. The maximum atomic E-state index is 11.2. The Kier molecular flexibility index (Phi) is 3.97. The van der Waals surface area contributed by atoms with E-state index in [1.54, 1.807) is 12.1 Å². The molecule has 1 heterocycles. The molecular formula is C14H16O4. The first-order valence-electron chi connectivity index (χ1n) is 6.06. The summed E-state index contributed by atoms with van der Waals surface area (Å²) in [6, 6.07) is 7.32. The lowest BCUT2D eigenvalue weighted by Gasteiger charge is -2.08. The molecule has 2 rings (SSSR count). The summed E-state index contributed by atoms with van der Waals surface area (Å²) in [5, 5.41) is 0. The molecule has 1 saturated heterocycles. The normalized spacial score (nSPS) is 18.5. The van der Waals surface area contributed by atoms with Crippen LogP contribution in [-0.4, -0.2) is 25.2 Å². The third-order valence-corrected chi connectivity index (χ3v) is 3.10. The molecule has 1 aromatic rings. The second-order valence-electron chi connectivity index (χ2n) is 4.38. The molecule has 4 heteroatoms. The highest BCUT2D eigenvalue weighted by Crippen LogP contribution is 2.19. The quantitative estimate of drug-likeness (QED) is 0.766. The van der Waals surface area contributed by atoms with Gasteiger partial charge in [0.05, 0.1) is 12.7 Å². The van der Waals surface area contributed by atoms with Crippen molar-refractivity contribution in [2.24, 2.45) is 0 Å². The van der Waals surface area contributed by atoms with Crippen LogP contribution in [0.1, 0.15) is 35.2 Å². The number of carbonyl (C=O) groups excluding carboxylic acids is 2. The monoisotopic (exact) mass is 248 g/mol. The Balaban J connectivity index is 1.86. The van der Waals surface area contributed by atoms with E-state index >= 15 is 0 Å². The lowest BCUT2D eigenvalue weighted by Crippen LogP contribution is -2.08. The van der Waals surface area contributed by atoms with Crippen LogP contribution in [0.15, 0.2) is 24.3 Å². The van der Waals surface area contributed by atoms with Gasteiger partial charge >= 0.3 is 11.9 Å². The molecule has 0 unspecified atom stereocenters. The fourth-order valence-electron chi connectivity index (χ4n) is 2.04. The van der Waals surface area contributed by atoms with Gasteiger partial charge in [-0.15, -0.1) is 0 Å². The van der Waals surface area contributed by atoms with Gasteiger partial charge in [-0.2, -0.15) is 0 Å². The SMILES string of the molecule is COC(=O)c1ccc(CC[C@H]2CCC(=O)O2)cc1. The molecule has 0 N–H and O–H groups in total. The van der Waals surface area contributed by atoms with Crippen molar-refractivity contribution in [3.8, 4) is 0 Å². The third kappa shape index (κ3) is 3.09. The maximum Gasteiger partial charge on any atom is 0.337 e. The third-order valence-electron chi connectivity index (χ3n) is 3.10. The topological polar surface area (TPSA) is 52.6 Å². The zero-order chi connectivity index (χ0) is 13.0. The molecule has 4 nitrogen and oxygen atoms in total. The molecular weight excluding hydrogens is 232 g/mol. The van der Waals surface area contributed by atoms with Crippen molar-refractivity contribution < 1.29 is 19.1 Å².